The van der Waals surface area contributed by atoms with Gasteiger partial charge < -0.3 is 5.32 Å². The van der Waals surface area contributed by atoms with E-state index in [2.05, 4.69) is 12.2 Å². The van der Waals surface area contributed by atoms with Crippen LogP contribution in [0.3, 0.4) is 0 Å². The molecule has 1 N–H and O–H groups in total. The Morgan fingerprint density at radius 2 is 2.00 bits per heavy atom. The average Bonchev–Trinajstić information content (AvgIpc) is 2.23. The van der Waals surface area contributed by atoms with Gasteiger partial charge in [0, 0.05) is 6.54 Å². The second-order valence-corrected chi connectivity index (χ2v) is 3.95. The van der Waals surface area contributed by atoms with Crippen LogP contribution in [0.2, 0.25) is 0 Å². The van der Waals surface area contributed by atoms with Gasteiger partial charge in [-0.3, -0.25) is 0 Å². The van der Waals surface area contributed by atoms with E-state index in [1.54, 1.807) is 6.92 Å². The molecule has 0 saturated heterocycles. The van der Waals surface area contributed by atoms with Gasteiger partial charge in [-0.25, -0.2) is 8.78 Å². The summed E-state index contributed by atoms with van der Waals surface area (Å²) in [5.74, 6) is -0.607. The molecule has 0 bridgehead atoms. The molecule has 3 heteroatoms. The van der Waals surface area contributed by atoms with Crippen LogP contribution in [0.5, 0.6) is 0 Å². The lowest BCUT2D eigenvalue weighted by atomic mass is 10.1. The van der Waals surface area contributed by atoms with E-state index in [1.165, 1.54) is 12.1 Å². The normalized spacial score (nSPS) is 12.6. The van der Waals surface area contributed by atoms with Gasteiger partial charge in [0.1, 0.15) is 11.5 Å². The topological polar surface area (TPSA) is 12.0 Å². The van der Waals surface area contributed by atoms with Gasteiger partial charge in [-0.15, -0.1) is 0 Å². The van der Waals surface area contributed by atoms with E-state index in [0.29, 0.717) is 18.0 Å². The van der Waals surface area contributed by atoms with E-state index in [0.717, 1.165) is 6.42 Å². The summed E-state index contributed by atoms with van der Waals surface area (Å²) in [6, 6.07) is 2.73. The number of benzene rings is 1. The first-order valence-corrected chi connectivity index (χ1v) is 5.24. The van der Waals surface area contributed by atoms with Crippen LogP contribution in [-0.2, 0) is 0 Å². The first-order chi connectivity index (χ1) is 7.06. The lowest BCUT2D eigenvalue weighted by molar-refractivity contribution is 0.563. The monoisotopic (exact) mass is 213 g/mol. The molecule has 0 spiro atoms. The third-order valence-electron chi connectivity index (χ3n) is 2.61. The molecule has 1 atom stereocenters. The van der Waals surface area contributed by atoms with Crippen molar-refractivity contribution in [1.29, 1.82) is 0 Å². The maximum Gasteiger partial charge on any atom is 0.152 e. The highest BCUT2D eigenvalue weighted by atomic mass is 19.1. The van der Waals surface area contributed by atoms with Crippen molar-refractivity contribution in [2.75, 3.05) is 11.9 Å². The molecule has 0 amide bonds. The first-order valence-electron chi connectivity index (χ1n) is 5.24. The Hall–Kier alpha value is -1.12. The molecule has 0 fully saturated rings. The van der Waals surface area contributed by atoms with Crippen LogP contribution in [0.1, 0.15) is 25.8 Å². The lowest BCUT2D eigenvalue weighted by Crippen LogP contribution is -2.13. The molecule has 1 rings (SSSR count). The van der Waals surface area contributed by atoms with Crippen molar-refractivity contribution in [3.8, 4) is 0 Å². The third kappa shape index (κ3) is 2.91. The molecule has 1 aromatic rings. The van der Waals surface area contributed by atoms with Crippen LogP contribution in [-0.4, -0.2) is 6.54 Å². The van der Waals surface area contributed by atoms with E-state index in [-0.39, 0.29) is 5.69 Å². The highest BCUT2D eigenvalue weighted by Crippen LogP contribution is 2.21. The zero-order valence-electron chi connectivity index (χ0n) is 9.40. The molecule has 0 saturated carbocycles. The molecule has 84 valence electrons. The van der Waals surface area contributed by atoms with Crippen molar-refractivity contribution in [2.24, 2.45) is 5.92 Å². The molecular formula is C12H17F2N. The number of halogens is 2. The number of nitrogens with one attached hydrogen (secondary N) is 1. The Labute approximate surface area is 89.5 Å². The summed E-state index contributed by atoms with van der Waals surface area (Å²) in [6.45, 7) is 6.31. The summed E-state index contributed by atoms with van der Waals surface area (Å²) in [5.41, 5.74) is 0.457. The fourth-order valence-corrected chi connectivity index (χ4v) is 1.24. The summed E-state index contributed by atoms with van der Waals surface area (Å²) >= 11 is 0. The van der Waals surface area contributed by atoms with Gasteiger partial charge in [-0.2, -0.15) is 0 Å². The van der Waals surface area contributed by atoms with Gasteiger partial charge in [0.05, 0.1) is 0 Å². The van der Waals surface area contributed by atoms with E-state index in [9.17, 15) is 8.78 Å². The standard InChI is InChI=1S/C12H17F2N/c1-4-8(2)7-15-12-10(13)6-5-9(3)11(12)14/h5-6,8,15H,4,7H2,1-3H3. The molecule has 0 aliphatic heterocycles. The Bertz CT molecular complexity index is 337. The summed E-state index contributed by atoms with van der Waals surface area (Å²) in [4.78, 5) is 0. The minimum atomic E-state index is -0.526. The van der Waals surface area contributed by atoms with Gasteiger partial charge >= 0.3 is 0 Å². The zero-order valence-corrected chi connectivity index (χ0v) is 9.40. The lowest BCUT2D eigenvalue weighted by Gasteiger charge is -2.13. The molecule has 0 radical (unpaired) electrons. The quantitative estimate of drug-likeness (QED) is 0.803. The third-order valence-corrected chi connectivity index (χ3v) is 2.61. The maximum absolute atomic E-state index is 13.5. The average molecular weight is 213 g/mol. The molecule has 0 heterocycles. The van der Waals surface area contributed by atoms with E-state index in [1.807, 2.05) is 6.92 Å². The molecular weight excluding hydrogens is 196 g/mol. The highest BCUT2D eigenvalue weighted by Gasteiger charge is 2.11. The van der Waals surface area contributed by atoms with Crippen molar-refractivity contribution in [1.82, 2.24) is 0 Å². The van der Waals surface area contributed by atoms with Gasteiger partial charge in [-0.1, -0.05) is 26.3 Å². The van der Waals surface area contributed by atoms with Crippen molar-refractivity contribution in [3.05, 3.63) is 29.3 Å². The highest BCUT2D eigenvalue weighted by molar-refractivity contribution is 5.48. The summed E-state index contributed by atoms with van der Waals surface area (Å²) in [5, 5.41) is 2.82. The summed E-state index contributed by atoms with van der Waals surface area (Å²) in [6.07, 6.45) is 0.988. The van der Waals surface area contributed by atoms with Crippen molar-refractivity contribution >= 4 is 5.69 Å². The minimum absolute atomic E-state index is 0.00435. The number of hydrogen-bond donors (Lipinski definition) is 1. The predicted molar refractivity (Wildman–Crippen MR) is 59.0 cm³/mol. The number of aryl methyl sites for hydroxylation is 1. The molecule has 0 aliphatic rings. The Balaban J connectivity index is 2.80. The van der Waals surface area contributed by atoms with Crippen LogP contribution >= 0.6 is 0 Å². The Morgan fingerprint density at radius 1 is 1.33 bits per heavy atom. The molecule has 0 aliphatic carbocycles. The maximum atomic E-state index is 13.5. The number of hydrogen-bond acceptors (Lipinski definition) is 1. The van der Waals surface area contributed by atoms with Crippen LogP contribution in [0.25, 0.3) is 0 Å². The van der Waals surface area contributed by atoms with E-state index >= 15 is 0 Å². The SMILES string of the molecule is CCC(C)CNc1c(F)ccc(C)c1F. The van der Waals surface area contributed by atoms with E-state index < -0.39 is 11.6 Å². The van der Waals surface area contributed by atoms with Gasteiger partial charge in [-0.05, 0) is 24.5 Å². The van der Waals surface area contributed by atoms with Crippen molar-refractivity contribution in [2.45, 2.75) is 27.2 Å². The summed E-state index contributed by atoms with van der Waals surface area (Å²) < 4.78 is 26.8. The van der Waals surface area contributed by atoms with E-state index in [4.69, 9.17) is 0 Å². The van der Waals surface area contributed by atoms with Gasteiger partial charge in [0.25, 0.3) is 0 Å². The predicted octanol–water partition coefficient (Wildman–Crippen LogP) is 3.73. The largest absolute Gasteiger partial charge is 0.380 e. The minimum Gasteiger partial charge on any atom is -0.380 e. The number of rotatable bonds is 4. The Morgan fingerprint density at radius 3 is 2.60 bits per heavy atom. The molecule has 15 heavy (non-hydrogen) atoms. The number of anilines is 1. The van der Waals surface area contributed by atoms with Crippen LogP contribution in [0.4, 0.5) is 14.5 Å². The van der Waals surface area contributed by atoms with Gasteiger partial charge in [0.15, 0.2) is 5.82 Å². The molecule has 1 nitrogen and oxygen atoms in total. The van der Waals surface area contributed by atoms with Crippen LogP contribution in [0, 0.1) is 24.5 Å². The fourth-order valence-electron chi connectivity index (χ4n) is 1.24. The smallest absolute Gasteiger partial charge is 0.152 e. The molecule has 0 aromatic heterocycles. The molecule has 1 unspecified atom stereocenters. The van der Waals surface area contributed by atoms with Crippen molar-refractivity contribution in [3.63, 3.8) is 0 Å². The van der Waals surface area contributed by atoms with Crippen molar-refractivity contribution < 1.29 is 8.78 Å². The second kappa shape index (κ2) is 5.10. The first kappa shape index (κ1) is 12.0. The second-order valence-electron chi connectivity index (χ2n) is 3.95. The summed E-state index contributed by atoms with van der Waals surface area (Å²) in [7, 11) is 0. The van der Waals surface area contributed by atoms with Crippen LogP contribution in [0.15, 0.2) is 12.1 Å². The van der Waals surface area contributed by atoms with Crippen LogP contribution < -0.4 is 5.32 Å². The fraction of sp³-hybridized carbons (Fsp3) is 0.500. The van der Waals surface area contributed by atoms with Gasteiger partial charge in [0.2, 0.25) is 0 Å². The molecule has 1 aromatic carbocycles. The zero-order chi connectivity index (χ0) is 11.4. The Kier molecular flexibility index (Phi) is 4.06.